The minimum atomic E-state index is -3.41. The Morgan fingerprint density at radius 1 is 1.22 bits per heavy atom. The molecule has 0 spiro atoms. The molecule has 0 amide bonds. The van der Waals surface area contributed by atoms with E-state index in [-0.39, 0.29) is 0 Å². The van der Waals surface area contributed by atoms with Crippen molar-refractivity contribution in [3.8, 4) is 0 Å². The second-order valence-electron chi connectivity index (χ2n) is 5.53. The van der Waals surface area contributed by atoms with Gasteiger partial charge in [-0.1, -0.05) is 18.2 Å². The SMILES string of the molecule is CC(C)(C)N1CCNCc2ccccc2S1(=O)=O. The van der Waals surface area contributed by atoms with Crippen LogP contribution in [0.15, 0.2) is 29.2 Å². The van der Waals surface area contributed by atoms with E-state index in [1.807, 2.05) is 32.9 Å². The Morgan fingerprint density at radius 3 is 2.56 bits per heavy atom. The summed E-state index contributed by atoms with van der Waals surface area (Å²) in [5.74, 6) is 0. The molecule has 0 bridgehead atoms. The summed E-state index contributed by atoms with van der Waals surface area (Å²) in [6, 6.07) is 7.21. The lowest BCUT2D eigenvalue weighted by Gasteiger charge is -2.36. The van der Waals surface area contributed by atoms with Gasteiger partial charge in [0.1, 0.15) is 0 Å². The number of benzene rings is 1. The minimum Gasteiger partial charge on any atom is -0.311 e. The highest BCUT2D eigenvalue weighted by Gasteiger charge is 2.35. The van der Waals surface area contributed by atoms with Crippen molar-refractivity contribution < 1.29 is 8.42 Å². The standard InChI is InChI=1S/C13H20N2O2S/c1-13(2,3)15-9-8-14-10-11-6-4-5-7-12(11)18(15,16)17/h4-7,14H,8-10H2,1-3H3. The lowest BCUT2D eigenvalue weighted by atomic mass is 10.1. The summed E-state index contributed by atoms with van der Waals surface area (Å²) in [6.45, 7) is 7.55. The number of hydrogen-bond acceptors (Lipinski definition) is 3. The molecule has 0 atom stereocenters. The van der Waals surface area contributed by atoms with Crippen LogP contribution in [0.5, 0.6) is 0 Å². The molecule has 0 fully saturated rings. The smallest absolute Gasteiger partial charge is 0.243 e. The van der Waals surface area contributed by atoms with Gasteiger partial charge in [0.2, 0.25) is 10.0 Å². The van der Waals surface area contributed by atoms with Crippen LogP contribution in [-0.4, -0.2) is 31.4 Å². The van der Waals surface area contributed by atoms with E-state index in [1.54, 1.807) is 16.4 Å². The van der Waals surface area contributed by atoms with Crippen molar-refractivity contribution in [3.05, 3.63) is 29.8 Å². The van der Waals surface area contributed by atoms with Crippen LogP contribution in [0.1, 0.15) is 26.3 Å². The van der Waals surface area contributed by atoms with Gasteiger partial charge in [0.15, 0.2) is 0 Å². The molecule has 1 heterocycles. The molecular formula is C13H20N2O2S. The highest BCUT2D eigenvalue weighted by molar-refractivity contribution is 7.89. The van der Waals surface area contributed by atoms with Crippen LogP contribution in [-0.2, 0) is 16.6 Å². The predicted octanol–water partition coefficient (Wildman–Crippen LogP) is 1.58. The monoisotopic (exact) mass is 268 g/mol. The van der Waals surface area contributed by atoms with Crippen LogP contribution in [0.2, 0.25) is 0 Å². The fraction of sp³-hybridized carbons (Fsp3) is 0.538. The summed E-state index contributed by atoms with van der Waals surface area (Å²) >= 11 is 0. The van der Waals surface area contributed by atoms with Crippen LogP contribution in [0.25, 0.3) is 0 Å². The van der Waals surface area contributed by atoms with E-state index in [1.165, 1.54) is 0 Å². The maximum absolute atomic E-state index is 12.7. The zero-order valence-electron chi connectivity index (χ0n) is 11.1. The van der Waals surface area contributed by atoms with Gasteiger partial charge in [0, 0.05) is 25.2 Å². The molecule has 1 aromatic rings. The number of sulfonamides is 1. The van der Waals surface area contributed by atoms with Gasteiger partial charge >= 0.3 is 0 Å². The second-order valence-corrected chi connectivity index (χ2v) is 7.36. The Balaban J connectivity index is 2.58. The number of fused-ring (bicyclic) bond motifs is 1. The molecule has 0 aliphatic carbocycles. The first-order valence-electron chi connectivity index (χ1n) is 6.15. The van der Waals surface area contributed by atoms with E-state index >= 15 is 0 Å². The summed E-state index contributed by atoms with van der Waals surface area (Å²) < 4.78 is 27.0. The van der Waals surface area contributed by atoms with Crippen LogP contribution in [0.3, 0.4) is 0 Å². The highest BCUT2D eigenvalue weighted by Crippen LogP contribution is 2.27. The molecule has 0 aromatic heterocycles. The van der Waals surface area contributed by atoms with Crippen molar-refractivity contribution in [2.45, 2.75) is 37.8 Å². The van der Waals surface area contributed by atoms with Gasteiger partial charge in [-0.2, -0.15) is 4.31 Å². The largest absolute Gasteiger partial charge is 0.311 e. The molecule has 5 heteroatoms. The van der Waals surface area contributed by atoms with Crippen molar-refractivity contribution in [2.24, 2.45) is 0 Å². The molecule has 1 aliphatic heterocycles. The van der Waals surface area contributed by atoms with Crippen molar-refractivity contribution in [1.29, 1.82) is 0 Å². The van der Waals surface area contributed by atoms with Gasteiger partial charge < -0.3 is 5.32 Å². The third kappa shape index (κ3) is 2.43. The fourth-order valence-electron chi connectivity index (χ4n) is 2.24. The molecule has 0 saturated heterocycles. The maximum Gasteiger partial charge on any atom is 0.243 e. The van der Waals surface area contributed by atoms with E-state index in [4.69, 9.17) is 0 Å². The molecule has 0 unspecified atom stereocenters. The predicted molar refractivity (Wildman–Crippen MR) is 71.8 cm³/mol. The zero-order chi connectivity index (χ0) is 13.4. The second kappa shape index (κ2) is 4.64. The van der Waals surface area contributed by atoms with Crippen LogP contribution in [0, 0.1) is 0 Å². The van der Waals surface area contributed by atoms with Crippen molar-refractivity contribution in [1.82, 2.24) is 9.62 Å². The lowest BCUT2D eigenvalue weighted by Crippen LogP contribution is -2.49. The van der Waals surface area contributed by atoms with Crippen LogP contribution in [0.4, 0.5) is 0 Å². The topological polar surface area (TPSA) is 49.4 Å². The Morgan fingerprint density at radius 2 is 1.89 bits per heavy atom. The molecule has 18 heavy (non-hydrogen) atoms. The van der Waals surface area contributed by atoms with Gasteiger partial charge in [-0.15, -0.1) is 0 Å². The van der Waals surface area contributed by atoms with Gasteiger partial charge in [0.05, 0.1) is 4.90 Å². The van der Waals surface area contributed by atoms with E-state index in [2.05, 4.69) is 5.32 Å². The molecule has 4 nitrogen and oxygen atoms in total. The van der Waals surface area contributed by atoms with Gasteiger partial charge in [-0.05, 0) is 32.4 Å². The molecule has 0 radical (unpaired) electrons. The maximum atomic E-state index is 12.7. The molecule has 100 valence electrons. The first-order chi connectivity index (χ1) is 8.33. The normalized spacial score (nSPS) is 20.8. The van der Waals surface area contributed by atoms with E-state index in [9.17, 15) is 8.42 Å². The molecule has 0 saturated carbocycles. The van der Waals surface area contributed by atoms with E-state index in [0.717, 1.165) is 5.56 Å². The Bertz CT molecular complexity index is 532. The summed E-state index contributed by atoms with van der Waals surface area (Å²) in [5.41, 5.74) is 0.428. The summed E-state index contributed by atoms with van der Waals surface area (Å²) in [5, 5.41) is 3.28. The Kier molecular flexibility index (Phi) is 3.49. The zero-order valence-corrected chi connectivity index (χ0v) is 11.9. The lowest BCUT2D eigenvalue weighted by molar-refractivity contribution is 0.246. The summed E-state index contributed by atoms with van der Waals surface area (Å²) in [4.78, 5) is 0.423. The van der Waals surface area contributed by atoms with Crippen LogP contribution < -0.4 is 5.32 Å². The van der Waals surface area contributed by atoms with E-state index < -0.39 is 15.6 Å². The van der Waals surface area contributed by atoms with Gasteiger partial charge in [0.25, 0.3) is 0 Å². The first kappa shape index (κ1) is 13.5. The molecule has 1 N–H and O–H groups in total. The average molecular weight is 268 g/mol. The third-order valence-electron chi connectivity index (χ3n) is 3.10. The van der Waals surface area contributed by atoms with Crippen molar-refractivity contribution in [3.63, 3.8) is 0 Å². The molecular weight excluding hydrogens is 248 g/mol. The van der Waals surface area contributed by atoms with E-state index in [0.29, 0.717) is 24.5 Å². The highest BCUT2D eigenvalue weighted by atomic mass is 32.2. The number of nitrogens with zero attached hydrogens (tertiary/aromatic N) is 1. The summed E-state index contributed by atoms with van der Waals surface area (Å²) in [6.07, 6.45) is 0. The minimum absolute atomic E-state index is 0.412. The Labute approximate surface area is 109 Å². The van der Waals surface area contributed by atoms with Crippen LogP contribution >= 0.6 is 0 Å². The molecule has 1 aliphatic rings. The van der Waals surface area contributed by atoms with Gasteiger partial charge in [-0.3, -0.25) is 0 Å². The van der Waals surface area contributed by atoms with Crippen molar-refractivity contribution in [2.75, 3.05) is 13.1 Å². The van der Waals surface area contributed by atoms with Crippen molar-refractivity contribution >= 4 is 10.0 Å². The Hall–Kier alpha value is -0.910. The summed E-state index contributed by atoms with van der Waals surface area (Å²) in [7, 11) is -3.41. The average Bonchev–Trinajstić information content (AvgIpc) is 2.25. The fourth-order valence-corrected chi connectivity index (χ4v) is 4.25. The molecule has 1 aromatic carbocycles. The molecule has 2 rings (SSSR count). The number of rotatable bonds is 0. The quantitative estimate of drug-likeness (QED) is 0.777. The van der Waals surface area contributed by atoms with Gasteiger partial charge in [-0.25, -0.2) is 8.42 Å². The first-order valence-corrected chi connectivity index (χ1v) is 7.59. The third-order valence-corrected chi connectivity index (χ3v) is 5.36. The number of hydrogen-bond donors (Lipinski definition) is 1. The number of nitrogens with one attached hydrogen (secondary N) is 1.